The van der Waals surface area contributed by atoms with Crippen LogP contribution in [0.25, 0.3) is 0 Å². The van der Waals surface area contributed by atoms with Gasteiger partial charge in [0, 0.05) is 0 Å². The van der Waals surface area contributed by atoms with Crippen molar-refractivity contribution in [3.05, 3.63) is 0 Å². The summed E-state index contributed by atoms with van der Waals surface area (Å²) in [5, 5.41) is 12.5. The number of hydrogen-bond acceptors (Lipinski definition) is 2. The van der Waals surface area contributed by atoms with Crippen molar-refractivity contribution < 1.29 is 14.7 Å². The van der Waals surface area contributed by atoms with Crippen molar-refractivity contribution >= 4 is 25.9 Å². The second-order valence-electron chi connectivity index (χ2n) is 7.03. The summed E-state index contributed by atoms with van der Waals surface area (Å²) in [4.78, 5) is 19.5. The SMILES string of the molecule is CC(=O)CC(=O)O.CC(C)[CH2][Al]([CH2]C(C)C)[CH2]C(C)C. The number of carboxylic acid groups (broad SMARTS) is 1. The molecule has 0 aliphatic heterocycles. The summed E-state index contributed by atoms with van der Waals surface area (Å²) in [5.74, 6) is 1.40. The Morgan fingerprint density at radius 1 is 0.850 bits per heavy atom. The Morgan fingerprint density at radius 2 is 1.15 bits per heavy atom. The molecule has 0 aliphatic carbocycles. The third-order valence-electron chi connectivity index (χ3n) is 2.81. The maximum atomic E-state index is 9.87. The lowest BCUT2D eigenvalue weighted by atomic mass is 10.2. The van der Waals surface area contributed by atoms with Crippen LogP contribution in [0.5, 0.6) is 0 Å². The molecule has 1 N–H and O–H groups in total. The van der Waals surface area contributed by atoms with E-state index in [4.69, 9.17) is 5.11 Å². The van der Waals surface area contributed by atoms with E-state index < -0.39 is 20.1 Å². The van der Waals surface area contributed by atoms with Crippen LogP contribution in [0, 0.1) is 17.8 Å². The highest BCUT2D eigenvalue weighted by molar-refractivity contribution is 6.58. The van der Waals surface area contributed by atoms with Crippen molar-refractivity contribution in [2.75, 3.05) is 0 Å². The van der Waals surface area contributed by atoms with E-state index in [1.165, 1.54) is 6.92 Å². The molecule has 0 aromatic carbocycles. The Balaban J connectivity index is 0. The second-order valence-corrected chi connectivity index (χ2v) is 10.2. The molecule has 0 saturated heterocycles. The molecular formula is C16H33AlO3. The van der Waals surface area contributed by atoms with Crippen molar-refractivity contribution in [2.45, 2.75) is 70.7 Å². The van der Waals surface area contributed by atoms with Crippen LogP contribution in [0.15, 0.2) is 0 Å². The third-order valence-corrected chi connectivity index (χ3v) is 7.64. The number of ketones is 1. The minimum atomic E-state index is -1.06. The molecule has 20 heavy (non-hydrogen) atoms. The van der Waals surface area contributed by atoms with Gasteiger partial charge in [0.15, 0.2) is 0 Å². The molecule has 0 radical (unpaired) electrons. The first-order chi connectivity index (χ1) is 9.04. The molecule has 0 atom stereocenters. The van der Waals surface area contributed by atoms with E-state index in [-0.39, 0.29) is 12.2 Å². The van der Waals surface area contributed by atoms with E-state index in [0.717, 1.165) is 17.8 Å². The monoisotopic (exact) mass is 300 g/mol. The molecule has 0 aliphatic rings. The lowest BCUT2D eigenvalue weighted by Crippen LogP contribution is -2.19. The summed E-state index contributed by atoms with van der Waals surface area (Å²) in [6.45, 7) is 15.5. The Labute approximate surface area is 129 Å². The van der Waals surface area contributed by atoms with E-state index in [0.29, 0.717) is 0 Å². The molecule has 0 saturated carbocycles. The fourth-order valence-electron chi connectivity index (χ4n) is 2.50. The van der Waals surface area contributed by atoms with Gasteiger partial charge in [0.25, 0.3) is 14.1 Å². The summed E-state index contributed by atoms with van der Waals surface area (Å²) >= 11 is -0.407. The quantitative estimate of drug-likeness (QED) is 0.530. The van der Waals surface area contributed by atoms with Gasteiger partial charge in [0.05, 0.1) is 0 Å². The minimum absolute atomic E-state index is 0.312. The number of rotatable bonds is 8. The number of carbonyl (C=O) groups excluding carboxylic acids is 1. The fourth-order valence-corrected chi connectivity index (χ4v) is 7.08. The Morgan fingerprint density at radius 3 is 1.25 bits per heavy atom. The maximum Gasteiger partial charge on any atom is 0.310 e. The second kappa shape index (κ2) is 12.4. The van der Waals surface area contributed by atoms with E-state index in [2.05, 4.69) is 41.5 Å². The highest BCUT2D eigenvalue weighted by Crippen LogP contribution is 2.20. The first-order valence-corrected chi connectivity index (χ1v) is 10.2. The van der Waals surface area contributed by atoms with Crippen LogP contribution in [0.4, 0.5) is 0 Å². The van der Waals surface area contributed by atoms with Crippen LogP contribution in [0.1, 0.15) is 54.9 Å². The lowest BCUT2D eigenvalue weighted by molar-refractivity contribution is -0.139. The van der Waals surface area contributed by atoms with Crippen molar-refractivity contribution in [3.63, 3.8) is 0 Å². The van der Waals surface area contributed by atoms with Crippen molar-refractivity contribution in [1.29, 1.82) is 0 Å². The van der Waals surface area contributed by atoms with Gasteiger partial charge in [0.2, 0.25) is 0 Å². The van der Waals surface area contributed by atoms with Crippen LogP contribution < -0.4 is 0 Å². The van der Waals surface area contributed by atoms with Crippen LogP contribution in [0.3, 0.4) is 0 Å². The first kappa shape index (κ1) is 22.0. The highest BCUT2D eigenvalue weighted by Gasteiger charge is 2.20. The lowest BCUT2D eigenvalue weighted by Gasteiger charge is -2.17. The van der Waals surface area contributed by atoms with Gasteiger partial charge in [-0.15, -0.1) is 0 Å². The predicted molar refractivity (Wildman–Crippen MR) is 87.6 cm³/mol. The average molecular weight is 300 g/mol. The highest BCUT2D eigenvalue weighted by atomic mass is 27.2. The minimum Gasteiger partial charge on any atom is -0.481 e. The Hall–Kier alpha value is -0.328. The van der Waals surface area contributed by atoms with Gasteiger partial charge < -0.3 is 5.11 Å². The van der Waals surface area contributed by atoms with Gasteiger partial charge in [-0.3, -0.25) is 9.59 Å². The van der Waals surface area contributed by atoms with Gasteiger partial charge in [-0.25, -0.2) is 0 Å². The number of Topliss-reactive ketones (excluding diaryl/α,β-unsaturated/α-hetero) is 1. The molecule has 0 aromatic heterocycles. The molecule has 4 heteroatoms. The van der Waals surface area contributed by atoms with Gasteiger partial charge in [-0.1, -0.05) is 75.1 Å². The van der Waals surface area contributed by atoms with Crippen LogP contribution >= 0.6 is 0 Å². The van der Waals surface area contributed by atoms with E-state index in [9.17, 15) is 9.59 Å². The predicted octanol–water partition coefficient (Wildman–Crippen LogP) is 4.50. The fraction of sp³-hybridized carbons (Fsp3) is 0.875. The molecule has 0 spiro atoms. The molecular weight excluding hydrogens is 267 g/mol. The molecule has 0 aromatic rings. The molecule has 0 unspecified atom stereocenters. The van der Waals surface area contributed by atoms with Crippen LogP contribution in [-0.4, -0.2) is 31.0 Å². The van der Waals surface area contributed by atoms with Crippen LogP contribution in [0.2, 0.25) is 15.8 Å². The van der Waals surface area contributed by atoms with Gasteiger partial charge in [-0.05, 0) is 6.92 Å². The normalized spacial score (nSPS) is 10.5. The number of carbonyl (C=O) groups is 2. The van der Waals surface area contributed by atoms with E-state index >= 15 is 0 Å². The van der Waals surface area contributed by atoms with Gasteiger partial charge >= 0.3 is 5.97 Å². The zero-order valence-corrected chi connectivity index (χ0v) is 15.6. The summed E-state index contributed by atoms with van der Waals surface area (Å²) in [6, 6.07) is 0. The zero-order chi connectivity index (χ0) is 16.3. The standard InChI is InChI=1S/C4H6O3.3C4H9.Al/c1-3(5)2-4(6)7;3*1-4(2)3;/h2H2,1H3,(H,6,7);3*4H,1H2,2-3H3;. The molecule has 3 nitrogen and oxygen atoms in total. The largest absolute Gasteiger partial charge is 0.481 e. The van der Waals surface area contributed by atoms with Crippen molar-refractivity contribution in [2.24, 2.45) is 17.8 Å². The maximum absolute atomic E-state index is 9.87. The third kappa shape index (κ3) is 20.0. The average Bonchev–Trinajstić information content (AvgIpc) is 2.11. The number of hydrogen-bond donors (Lipinski definition) is 1. The summed E-state index contributed by atoms with van der Waals surface area (Å²) in [6.07, 6.45) is -0.361. The topological polar surface area (TPSA) is 54.4 Å². The Kier molecular flexibility index (Phi) is 13.6. The number of carboxylic acids is 1. The van der Waals surface area contributed by atoms with Crippen molar-refractivity contribution in [3.8, 4) is 0 Å². The van der Waals surface area contributed by atoms with Gasteiger partial charge in [-0.2, -0.15) is 0 Å². The molecule has 0 amide bonds. The molecule has 0 bridgehead atoms. The molecule has 118 valence electrons. The van der Waals surface area contributed by atoms with Gasteiger partial charge in [0.1, 0.15) is 12.2 Å². The molecule has 0 heterocycles. The van der Waals surface area contributed by atoms with E-state index in [1.807, 2.05) is 0 Å². The summed E-state index contributed by atoms with van der Waals surface area (Å²) in [5.41, 5.74) is 0. The first-order valence-electron chi connectivity index (χ1n) is 7.75. The van der Waals surface area contributed by atoms with E-state index in [1.54, 1.807) is 15.8 Å². The zero-order valence-electron chi connectivity index (χ0n) is 14.4. The summed E-state index contributed by atoms with van der Waals surface area (Å²) < 4.78 is 0. The molecule has 0 fully saturated rings. The molecule has 0 rings (SSSR count). The summed E-state index contributed by atoms with van der Waals surface area (Å²) in [7, 11) is 0. The Bertz CT molecular complexity index is 237. The van der Waals surface area contributed by atoms with Crippen molar-refractivity contribution in [1.82, 2.24) is 0 Å². The number of aliphatic carboxylic acids is 1. The van der Waals surface area contributed by atoms with Crippen LogP contribution in [-0.2, 0) is 9.59 Å². The smallest absolute Gasteiger partial charge is 0.310 e.